The Labute approximate surface area is 126 Å². The summed E-state index contributed by atoms with van der Waals surface area (Å²) < 4.78 is 10.5. The first kappa shape index (κ1) is 16.2. The van der Waals surface area contributed by atoms with Crippen molar-refractivity contribution in [3.63, 3.8) is 0 Å². The van der Waals surface area contributed by atoms with Crippen molar-refractivity contribution in [2.45, 2.75) is 32.8 Å². The second kappa shape index (κ2) is 7.75. The third-order valence-corrected chi connectivity index (χ3v) is 3.90. The van der Waals surface area contributed by atoms with Gasteiger partial charge in [0.1, 0.15) is 0 Å². The molecule has 6 nitrogen and oxygen atoms in total. The molecule has 2 aliphatic heterocycles. The van der Waals surface area contributed by atoms with Crippen molar-refractivity contribution >= 4 is 11.9 Å². The van der Waals surface area contributed by atoms with Gasteiger partial charge in [-0.05, 0) is 33.2 Å². The van der Waals surface area contributed by atoms with Gasteiger partial charge in [0.15, 0.2) is 0 Å². The standard InChI is InChI=1S/C15H26N2O4/c1-12(2)21-14(18)11-16-5-3-4-13(10-16)15(19)17-6-8-20-9-7-17/h12-13H,3-11H2,1-2H3. The van der Waals surface area contributed by atoms with E-state index in [0.717, 1.165) is 19.4 Å². The van der Waals surface area contributed by atoms with Crippen LogP contribution in [0.5, 0.6) is 0 Å². The van der Waals surface area contributed by atoms with Crippen molar-refractivity contribution < 1.29 is 19.1 Å². The Balaban J connectivity index is 1.82. The van der Waals surface area contributed by atoms with Crippen molar-refractivity contribution in [3.05, 3.63) is 0 Å². The van der Waals surface area contributed by atoms with Gasteiger partial charge in [-0.15, -0.1) is 0 Å². The molecule has 1 unspecified atom stereocenters. The van der Waals surface area contributed by atoms with Crippen LogP contribution in [0.1, 0.15) is 26.7 Å². The summed E-state index contributed by atoms with van der Waals surface area (Å²) in [4.78, 5) is 28.1. The van der Waals surface area contributed by atoms with Gasteiger partial charge < -0.3 is 14.4 Å². The molecule has 0 N–H and O–H groups in total. The van der Waals surface area contributed by atoms with Crippen LogP contribution in [0.3, 0.4) is 0 Å². The molecule has 2 aliphatic rings. The molecule has 0 aromatic rings. The van der Waals surface area contributed by atoms with Crippen LogP contribution >= 0.6 is 0 Å². The highest BCUT2D eigenvalue weighted by molar-refractivity contribution is 5.79. The molecule has 120 valence electrons. The molecule has 0 spiro atoms. The smallest absolute Gasteiger partial charge is 0.320 e. The molecule has 0 saturated carbocycles. The summed E-state index contributed by atoms with van der Waals surface area (Å²) in [6.07, 6.45) is 1.77. The van der Waals surface area contributed by atoms with E-state index in [2.05, 4.69) is 0 Å². The SMILES string of the molecule is CC(C)OC(=O)CN1CCCC(C(=O)N2CCOCC2)C1. The second-order valence-electron chi connectivity index (χ2n) is 6.05. The van der Waals surface area contributed by atoms with E-state index >= 15 is 0 Å². The number of rotatable bonds is 4. The molecular weight excluding hydrogens is 272 g/mol. The van der Waals surface area contributed by atoms with Crippen molar-refractivity contribution in [1.29, 1.82) is 0 Å². The number of carbonyl (C=O) groups is 2. The van der Waals surface area contributed by atoms with Crippen LogP contribution in [0, 0.1) is 5.92 Å². The lowest BCUT2D eigenvalue weighted by atomic mass is 9.96. The highest BCUT2D eigenvalue weighted by atomic mass is 16.5. The molecule has 0 bridgehead atoms. The highest BCUT2D eigenvalue weighted by Gasteiger charge is 2.30. The van der Waals surface area contributed by atoms with E-state index in [9.17, 15) is 9.59 Å². The highest BCUT2D eigenvalue weighted by Crippen LogP contribution is 2.19. The normalized spacial score (nSPS) is 24.1. The zero-order valence-electron chi connectivity index (χ0n) is 13.0. The number of hydrogen-bond donors (Lipinski definition) is 0. The summed E-state index contributed by atoms with van der Waals surface area (Å²) in [5.41, 5.74) is 0. The fourth-order valence-electron chi connectivity index (χ4n) is 2.93. The lowest BCUT2D eigenvalue weighted by Crippen LogP contribution is -2.49. The lowest BCUT2D eigenvalue weighted by Gasteiger charge is -2.35. The van der Waals surface area contributed by atoms with E-state index in [-0.39, 0.29) is 30.4 Å². The van der Waals surface area contributed by atoms with Crippen LogP contribution in [0.2, 0.25) is 0 Å². The molecule has 0 aliphatic carbocycles. The molecule has 2 rings (SSSR count). The lowest BCUT2D eigenvalue weighted by molar-refractivity contribution is -0.151. The molecule has 21 heavy (non-hydrogen) atoms. The average molecular weight is 298 g/mol. The summed E-state index contributed by atoms with van der Waals surface area (Å²) >= 11 is 0. The first-order chi connectivity index (χ1) is 10.1. The Hall–Kier alpha value is -1.14. The maximum atomic E-state index is 12.5. The molecule has 0 aromatic carbocycles. The third kappa shape index (κ3) is 4.97. The van der Waals surface area contributed by atoms with Crippen molar-refractivity contribution in [2.75, 3.05) is 45.9 Å². The van der Waals surface area contributed by atoms with Gasteiger partial charge in [-0.3, -0.25) is 14.5 Å². The topological polar surface area (TPSA) is 59.1 Å². The van der Waals surface area contributed by atoms with E-state index in [0.29, 0.717) is 32.8 Å². The first-order valence-corrected chi connectivity index (χ1v) is 7.84. The molecule has 2 heterocycles. The van der Waals surface area contributed by atoms with Gasteiger partial charge in [0, 0.05) is 19.6 Å². The zero-order chi connectivity index (χ0) is 15.2. The third-order valence-electron chi connectivity index (χ3n) is 3.90. The van der Waals surface area contributed by atoms with E-state index < -0.39 is 0 Å². The molecule has 0 radical (unpaired) electrons. The average Bonchev–Trinajstić information content (AvgIpc) is 2.46. The maximum Gasteiger partial charge on any atom is 0.320 e. The van der Waals surface area contributed by atoms with Gasteiger partial charge in [-0.2, -0.15) is 0 Å². The Morgan fingerprint density at radius 3 is 2.62 bits per heavy atom. The Bertz CT molecular complexity index is 367. The number of piperidine rings is 1. The van der Waals surface area contributed by atoms with Gasteiger partial charge in [0.05, 0.1) is 31.8 Å². The van der Waals surface area contributed by atoms with Gasteiger partial charge in [-0.25, -0.2) is 0 Å². The van der Waals surface area contributed by atoms with Crippen LogP contribution < -0.4 is 0 Å². The predicted molar refractivity (Wildman–Crippen MR) is 77.8 cm³/mol. The largest absolute Gasteiger partial charge is 0.462 e. The minimum atomic E-state index is -0.204. The quantitative estimate of drug-likeness (QED) is 0.708. The number of esters is 1. The van der Waals surface area contributed by atoms with Gasteiger partial charge in [-0.1, -0.05) is 0 Å². The molecule has 6 heteroatoms. The number of morpholine rings is 1. The Morgan fingerprint density at radius 2 is 1.95 bits per heavy atom. The Kier molecular flexibility index (Phi) is 5.99. The first-order valence-electron chi connectivity index (χ1n) is 7.84. The number of ether oxygens (including phenoxy) is 2. The molecular formula is C15H26N2O4. The van der Waals surface area contributed by atoms with Gasteiger partial charge >= 0.3 is 5.97 Å². The summed E-state index contributed by atoms with van der Waals surface area (Å²) in [5, 5.41) is 0. The van der Waals surface area contributed by atoms with E-state index in [1.807, 2.05) is 23.6 Å². The molecule has 1 amide bonds. The maximum absolute atomic E-state index is 12.5. The fourth-order valence-corrected chi connectivity index (χ4v) is 2.93. The molecule has 2 saturated heterocycles. The molecule has 1 atom stereocenters. The van der Waals surface area contributed by atoms with Crippen LogP contribution in [0.25, 0.3) is 0 Å². The van der Waals surface area contributed by atoms with Crippen molar-refractivity contribution in [3.8, 4) is 0 Å². The van der Waals surface area contributed by atoms with Crippen LogP contribution in [-0.2, 0) is 19.1 Å². The monoisotopic (exact) mass is 298 g/mol. The van der Waals surface area contributed by atoms with E-state index in [1.54, 1.807) is 0 Å². The van der Waals surface area contributed by atoms with Gasteiger partial charge in [0.2, 0.25) is 5.91 Å². The minimum absolute atomic E-state index is 0.00343. The molecule has 0 aromatic heterocycles. The van der Waals surface area contributed by atoms with Crippen LogP contribution in [-0.4, -0.2) is 73.7 Å². The predicted octanol–water partition coefficient (Wildman–Crippen LogP) is 0.509. The minimum Gasteiger partial charge on any atom is -0.462 e. The number of carbonyl (C=O) groups excluding carboxylic acids is 2. The number of nitrogens with zero attached hydrogens (tertiary/aromatic N) is 2. The number of hydrogen-bond acceptors (Lipinski definition) is 5. The van der Waals surface area contributed by atoms with E-state index in [1.165, 1.54) is 0 Å². The summed E-state index contributed by atoms with van der Waals surface area (Å²) in [6, 6.07) is 0. The van der Waals surface area contributed by atoms with Gasteiger partial charge in [0.25, 0.3) is 0 Å². The summed E-state index contributed by atoms with van der Waals surface area (Å²) in [7, 11) is 0. The number of amides is 1. The van der Waals surface area contributed by atoms with Crippen molar-refractivity contribution in [2.24, 2.45) is 5.92 Å². The van der Waals surface area contributed by atoms with Crippen LogP contribution in [0.15, 0.2) is 0 Å². The van der Waals surface area contributed by atoms with Crippen molar-refractivity contribution in [1.82, 2.24) is 9.80 Å². The summed E-state index contributed by atoms with van der Waals surface area (Å²) in [5.74, 6) is 0.00778. The van der Waals surface area contributed by atoms with E-state index in [4.69, 9.17) is 9.47 Å². The summed E-state index contributed by atoms with van der Waals surface area (Å²) in [6.45, 7) is 8.12. The second-order valence-corrected chi connectivity index (χ2v) is 6.05. The van der Waals surface area contributed by atoms with Crippen LogP contribution in [0.4, 0.5) is 0 Å². The Morgan fingerprint density at radius 1 is 1.24 bits per heavy atom. The number of likely N-dealkylation sites (tertiary alicyclic amines) is 1. The zero-order valence-corrected chi connectivity index (χ0v) is 13.0. The molecule has 2 fully saturated rings. The fraction of sp³-hybridized carbons (Fsp3) is 0.867.